The Hall–Kier alpha value is -4.77. The number of rotatable bonds is 87. The van der Waals surface area contributed by atoms with Crippen LogP contribution in [0.25, 0.3) is 11.1 Å². The van der Waals surface area contributed by atoms with Gasteiger partial charge >= 0.3 is 11.9 Å². The number of benzene rings is 2. The summed E-state index contributed by atoms with van der Waals surface area (Å²) in [6.07, 6.45) is 0.455. The number of carbonyl (C=O) groups excluding carboxylic acids is 5. The molecule has 2 atom stereocenters. The first-order chi connectivity index (χ1) is 55.9. The Bertz CT molecular complexity index is 2540. The van der Waals surface area contributed by atoms with Gasteiger partial charge in [0.2, 0.25) is 5.91 Å². The van der Waals surface area contributed by atoms with E-state index >= 15 is 0 Å². The standard InChI is InChI=1S/C82H139NO31/c1-82(2,3)114-79(86)21-18-70(68-80(87)113-69-76-74-15-8-6-13-72(74)73-14-7-9-16-75(73)76)81(88)83-77(78(85)17-11-23-92-29-31-96-37-39-100-45-47-104-53-55-108-61-63-112-67-65-110-59-57-106-51-49-102-43-41-98-35-33-94-27-25-90-5)20-19-71(84)12-10-22-91-28-30-95-36-38-99-44-46-103-52-54-107-60-62-111-66-64-109-58-56-105-50-48-101-42-40-97-34-32-93-26-24-89-4/h6-9,13-16,70,76-77H,10-12,17-69H2,1-5H3,(H,83,88)/t70-,77+/m1/s1. The van der Waals surface area contributed by atoms with E-state index in [0.29, 0.717) is 304 Å². The van der Waals surface area contributed by atoms with Gasteiger partial charge in [0.1, 0.15) is 18.0 Å². The van der Waals surface area contributed by atoms with Gasteiger partial charge in [-0.2, -0.15) is 0 Å². The molecule has 658 valence electrons. The third kappa shape index (κ3) is 60.7. The van der Waals surface area contributed by atoms with E-state index in [9.17, 15) is 24.0 Å². The van der Waals surface area contributed by atoms with E-state index in [2.05, 4.69) is 5.32 Å². The van der Waals surface area contributed by atoms with E-state index in [0.717, 1.165) is 22.3 Å². The minimum Gasteiger partial charge on any atom is -0.465 e. The van der Waals surface area contributed by atoms with Crippen LogP contribution < -0.4 is 5.32 Å². The Balaban J connectivity index is 1.26. The smallest absolute Gasteiger partial charge is 0.306 e. The zero-order valence-electron chi connectivity index (χ0n) is 69.1. The van der Waals surface area contributed by atoms with E-state index < -0.39 is 35.4 Å². The van der Waals surface area contributed by atoms with Crippen molar-refractivity contribution in [1.82, 2.24) is 5.32 Å². The lowest BCUT2D eigenvalue weighted by atomic mass is 9.95. The van der Waals surface area contributed by atoms with E-state index in [1.54, 1.807) is 35.0 Å². The molecule has 1 amide bonds. The van der Waals surface area contributed by atoms with Gasteiger partial charge in [-0.3, -0.25) is 24.0 Å². The van der Waals surface area contributed by atoms with Gasteiger partial charge in [-0.15, -0.1) is 0 Å². The molecule has 0 fully saturated rings. The van der Waals surface area contributed by atoms with Gasteiger partial charge in [0, 0.05) is 65.0 Å². The highest BCUT2D eigenvalue weighted by molar-refractivity contribution is 5.92. The first-order valence-electron chi connectivity index (χ1n) is 40.5. The largest absolute Gasteiger partial charge is 0.465 e. The average Bonchev–Trinajstić information content (AvgIpc) is 1.62. The van der Waals surface area contributed by atoms with Gasteiger partial charge in [-0.25, -0.2) is 0 Å². The summed E-state index contributed by atoms with van der Waals surface area (Å²) >= 11 is 0. The van der Waals surface area contributed by atoms with Gasteiger partial charge in [-0.1, -0.05) is 48.5 Å². The van der Waals surface area contributed by atoms with Gasteiger partial charge in [-0.05, 0) is 68.7 Å². The third-order valence-corrected chi connectivity index (χ3v) is 16.5. The second-order valence-electron chi connectivity index (χ2n) is 26.7. The zero-order valence-corrected chi connectivity index (χ0v) is 69.1. The predicted octanol–water partition coefficient (Wildman–Crippen LogP) is 6.09. The van der Waals surface area contributed by atoms with E-state index in [4.69, 9.17) is 123 Å². The predicted molar refractivity (Wildman–Crippen MR) is 419 cm³/mol. The molecule has 2 aromatic rings. The fourth-order valence-electron chi connectivity index (χ4n) is 10.7. The second-order valence-corrected chi connectivity index (χ2v) is 26.7. The highest BCUT2D eigenvalue weighted by Crippen LogP contribution is 2.44. The maximum Gasteiger partial charge on any atom is 0.306 e. The van der Waals surface area contributed by atoms with E-state index in [1.165, 1.54) is 0 Å². The number of amides is 1. The van der Waals surface area contributed by atoms with Crippen LogP contribution in [0.4, 0.5) is 0 Å². The summed E-state index contributed by atoms with van der Waals surface area (Å²) in [5.41, 5.74) is 3.42. The fourth-order valence-corrected chi connectivity index (χ4v) is 10.7. The number of carbonyl (C=O) groups is 5. The van der Waals surface area contributed by atoms with Crippen LogP contribution in [-0.2, 0) is 147 Å². The summed E-state index contributed by atoms with van der Waals surface area (Å²) in [7, 11) is 3.27. The lowest BCUT2D eigenvalue weighted by Crippen LogP contribution is -2.44. The molecule has 0 unspecified atom stereocenters. The van der Waals surface area contributed by atoms with Crippen LogP contribution in [0.1, 0.15) is 95.6 Å². The molecule has 1 N–H and O–H groups in total. The van der Waals surface area contributed by atoms with E-state index in [-0.39, 0.29) is 82.3 Å². The topological polar surface area (TPSA) is 337 Å². The molecule has 0 radical (unpaired) electrons. The Morgan fingerprint density at radius 2 is 0.596 bits per heavy atom. The number of ketones is 2. The first kappa shape index (κ1) is 103. The summed E-state index contributed by atoms with van der Waals surface area (Å²) in [6, 6.07) is 14.9. The number of esters is 2. The highest BCUT2D eigenvalue weighted by Gasteiger charge is 2.32. The van der Waals surface area contributed by atoms with Crippen molar-refractivity contribution in [3.05, 3.63) is 59.7 Å². The number of methoxy groups -OCH3 is 2. The number of hydrogen-bond donors (Lipinski definition) is 1. The Morgan fingerprint density at radius 1 is 0.325 bits per heavy atom. The Morgan fingerprint density at radius 3 is 0.886 bits per heavy atom. The molecule has 1 aliphatic carbocycles. The van der Waals surface area contributed by atoms with Crippen LogP contribution in [0.3, 0.4) is 0 Å². The Labute approximate surface area is 676 Å². The fraction of sp³-hybridized carbons (Fsp3) is 0.793. The maximum atomic E-state index is 14.4. The molecule has 32 heteroatoms. The van der Waals surface area contributed by atoms with Crippen molar-refractivity contribution in [3.8, 4) is 11.1 Å². The quantitative estimate of drug-likeness (QED) is 0.0578. The van der Waals surface area contributed by atoms with Crippen molar-refractivity contribution < 1.29 is 147 Å². The molecule has 0 bridgehead atoms. The van der Waals surface area contributed by atoms with Gasteiger partial charge in [0.15, 0.2) is 5.78 Å². The van der Waals surface area contributed by atoms with Crippen LogP contribution >= 0.6 is 0 Å². The molecule has 1 aliphatic rings. The van der Waals surface area contributed by atoms with Gasteiger partial charge in [0.25, 0.3) is 0 Å². The Kier molecular flexibility index (Phi) is 68.7. The van der Waals surface area contributed by atoms with Crippen molar-refractivity contribution in [2.24, 2.45) is 5.92 Å². The molecule has 0 spiro atoms. The summed E-state index contributed by atoms with van der Waals surface area (Å²) in [4.78, 5) is 68.5. The number of fused-ring (bicyclic) bond motifs is 3. The molecule has 114 heavy (non-hydrogen) atoms. The molecule has 0 aromatic heterocycles. The molecular weight excluding hydrogens is 1490 g/mol. The van der Waals surface area contributed by atoms with Crippen LogP contribution in [0.5, 0.6) is 0 Å². The van der Waals surface area contributed by atoms with Gasteiger partial charge < -0.3 is 128 Å². The van der Waals surface area contributed by atoms with E-state index in [1.807, 2.05) is 48.5 Å². The molecule has 3 rings (SSSR count). The molecule has 0 saturated heterocycles. The number of nitrogens with one attached hydrogen (secondary N) is 1. The van der Waals surface area contributed by atoms with Crippen molar-refractivity contribution in [3.63, 3.8) is 0 Å². The molecular formula is C82H139NO31. The minimum atomic E-state index is -1.06. The summed E-state index contributed by atoms with van der Waals surface area (Å²) in [5.74, 6) is -3.47. The second kappa shape index (κ2) is 75.7. The van der Waals surface area contributed by atoms with Crippen molar-refractivity contribution >= 4 is 29.4 Å². The van der Waals surface area contributed by atoms with Gasteiger partial charge in [0.05, 0.1) is 303 Å². The zero-order chi connectivity index (χ0) is 81.8. The summed E-state index contributed by atoms with van der Waals surface area (Å²) in [6.45, 7) is 25.7. The monoisotopic (exact) mass is 1630 g/mol. The maximum absolute atomic E-state index is 14.4. The molecule has 32 nitrogen and oxygen atoms in total. The average molecular weight is 1630 g/mol. The summed E-state index contributed by atoms with van der Waals surface area (Å²) in [5, 5.41) is 2.87. The summed E-state index contributed by atoms with van der Waals surface area (Å²) < 4.78 is 143. The highest BCUT2D eigenvalue weighted by atomic mass is 16.6. The number of ether oxygens (including phenoxy) is 26. The third-order valence-electron chi connectivity index (χ3n) is 16.5. The van der Waals surface area contributed by atoms with Crippen LogP contribution in [0, 0.1) is 5.92 Å². The normalized spacial score (nSPS) is 12.7. The number of Topliss-reactive ketones (excluding diaryl/α,β-unsaturated/α-hetero) is 2. The first-order valence-corrected chi connectivity index (χ1v) is 40.5. The molecule has 2 aromatic carbocycles. The molecule has 0 heterocycles. The lowest BCUT2D eigenvalue weighted by Gasteiger charge is -2.23. The van der Waals surface area contributed by atoms with Crippen molar-refractivity contribution in [2.45, 2.75) is 96.1 Å². The van der Waals surface area contributed by atoms with Crippen LogP contribution in [0.15, 0.2) is 48.5 Å². The molecule has 0 saturated carbocycles. The van der Waals surface area contributed by atoms with Crippen LogP contribution in [-0.4, -0.2) is 366 Å². The van der Waals surface area contributed by atoms with Crippen LogP contribution in [0.2, 0.25) is 0 Å². The van der Waals surface area contributed by atoms with Crippen molar-refractivity contribution in [2.75, 3.05) is 325 Å². The SMILES string of the molecule is COCCOCCOCCOCCOCCOCCOCCOCCOCCOCCOCCOCCCC(=O)CC[C@H](NC(=O)[C@H](CCC(=O)OC(C)(C)C)CC(=O)OCC1c2ccccc2-c2ccccc21)C(=O)CCCOCCOCCOCCOCCOCCOCCOCCOCCOCCOCCOCCOC. The lowest BCUT2D eigenvalue weighted by molar-refractivity contribution is -0.156. The minimum absolute atomic E-state index is 0.00129. The molecule has 0 aliphatic heterocycles. The number of hydrogen-bond acceptors (Lipinski definition) is 31. The van der Waals surface area contributed by atoms with Crippen molar-refractivity contribution in [1.29, 1.82) is 0 Å².